The van der Waals surface area contributed by atoms with Gasteiger partial charge in [0.2, 0.25) is 10.0 Å². The molecule has 2 rings (SSSR count). The van der Waals surface area contributed by atoms with Gasteiger partial charge in [0, 0.05) is 25.3 Å². The van der Waals surface area contributed by atoms with Gasteiger partial charge in [0.25, 0.3) is 0 Å². The monoisotopic (exact) mass is 266 g/mol. The molecule has 0 saturated heterocycles. The Hall–Kier alpha value is -1.33. The SMILES string of the molecule is CS(=O)(=O)Nc1ccc(CN2CC=CCC2)cc1. The average molecular weight is 266 g/mol. The molecule has 0 atom stereocenters. The number of rotatable bonds is 4. The van der Waals surface area contributed by atoms with Crippen molar-refractivity contribution in [3.63, 3.8) is 0 Å². The van der Waals surface area contributed by atoms with Crippen molar-refractivity contribution in [1.29, 1.82) is 0 Å². The van der Waals surface area contributed by atoms with E-state index < -0.39 is 10.0 Å². The molecule has 0 aromatic heterocycles. The first-order valence-electron chi connectivity index (χ1n) is 5.97. The number of nitrogens with zero attached hydrogens (tertiary/aromatic N) is 1. The van der Waals surface area contributed by atoms with Crippen LogP contribution < -0.4 is 4.72 Å². The molecule has 0 saturated carbocycles. The van der Waals surface area contributed by atoms with Gasteiger partial charge in [-0.25, -0.2) is 8.42 Å². The van der Waals surface area contributed by atoms with Crippen LogP contribution in [0, 0.1) is 0 Å². The molecule has 0 aliphatic carbocycles. The molecule has 0 fully saturated rings. The average Bonchev–Trinajstić information content (AvgIpc) is 2.31. The van der Waals surface area contributed by atoms with Gasteiger partial charge in [0.15, 0.2) is 0 Å². The summed E-state index contributed by atoms with van der Waals surface area (Å²) in [5.41, 5.74) is 1.81. The summed E-state index contributed by atoms with van der Waals surface area (Å²) in [4.78, 5) is 2.36. The van der Waals surface area contributed by atoms with Crippen LogP contribution in [-0.4, -0.2) is 32.7 Å². The predicted octanol–water partition coefficient (Wildman–Crippen LogP) is 1.82. The molecular formula is C13H18N2O2S. The van der Waals surface area contributed by atoms with E-state index in [9.17, 15) is 8.42 Å². The number of sulfonamides is 1. The highest BCUT2D eigenvalue weighted by Gasteiger charge is 2.07. The molecule has 1 N–H and O–H groups in total. The fourth-order valence-corrected chi connectivity index (χ4v) is 2.55. The van der Waals surface area contributed by atoms with Gasteiger partial charge in [0.05, 0.1) is 6.26 Å². The summed E-state index contributed by atoms with van der Waals surface area (Å²) in [6.45, 7) is 2.98. The van der Waals surface area contributed by atoms with E-state index in [4.69, 9.17) is 0 Å². The minimum Gasteiger partial charge on any atom is -0.295 e. The van der Waals surface area contributed by atoms with Crippen LogP contribution in [0.25, 0.3) is 0 Å². The first kappa shape index (κ1) is 13.1. The summed E-state index contributed by atoms with van der Waals surface area (Å²) < 4.78 is 24.6. The molecule has 1 aromatic rings. The first-order valence-corrected chi connectivity index (χ1v) is 7.86. The van der Waals surface area contributed by atoms with E-state index in [2.05, 4.69) is 21.8 Å². The summed E-state index contributed by atoms with van der Waals surface area (Å²) in [5, 5.41) is 0. The van der Waals surface area contributed by atoms with Gasteiger partial charge in [0.1, 0.15) is 0 Å². The van der Waals surface area contributed by atoms with Crippen LogP contribution in [0.1, 0.15) is 12.0 Å². The largest absolute Gasteiger partial charge is 0.295 e. The lowest BCUT2D eigenvalue weighted by atomic mass is 10.1. The van der Waals surface area contributed by atoms with E-state index in [-0.39, 0.29) is 0 Å². The van der Waals surface area contributed by atoms with Crippen molar-refractivity contribution in [2.45, 2.75) is 13.0 Å². The van der Waals surface area contributed by atoms with Crippen molar-refractivity contribution in [3.8, 4) is 0 Å². The topological polar surface area (TPSA) is 49.4 Å². The molecular weight excluding hydrogens is 248 g/mol. The van der Waals surface area contributed by atoms with Crippen LogP contribution in [-0.2, 0) is 16.6 Å². The highest BCUT2D eigenvalue weighted by atomic mass is 32.2. The highest BCUT2D eigenvalue weighted by molar-refractivity contribution is 7.92. The first-order chi connectivity index (χ1) is 8.53. The quantitative estimate of drug-likeness (QED) is 0.846. The maximum absolute atomic E-state index is 11.1. The van der Waals surface area contributed by atoms with Crippen molar-refractivity contribution in [2.24, 2.45) is 0 Å². The summed E-state index contributed by atoms with van der Waals surface area (Å²) in [7, 11) is -3.19. The Kier molecular flexibility index (Phi) is 4.04. The zero-order valence-electron chi connectivity index (χ0n) is 10.5. The molecule has 1 aromatic carbocycles. The van der Waals surface area contributed by atoms with E-state index in [1.54, 1.807) is 12.1 Å². The molecule has 1 aliphatic rings. The molecule has 0 unspecified atom stereocenters. The zero-order chi connectivity index (χ0) is 13.0. The van der Waals surface area contributed by atoms with Crippen LogP contribution in [0.2, 0.25) is 0 Å². The van der Waals surface area contributed by atoms with Gasteiger partial charge in [-0.1, -0.05) is 24.3 Å². The molecule has 0 radical (unpaired) electrons. The van der Waals surface area contributed by atoms with Crippen molar-refractivity contribution < 1.29 is 8.42 Å². The van der Waals surface area contributed by atoms with Crippen molar-refractivity contribution in [2.75, 3.05) is 24.1 Å². The van der Waals surface area contributed by atoms with Gasteiger partial charge in [-0.15, -0.1) is 0 Å². The Balaban J connectivity index is 1.97. The van der Waals surface area contributed by atoms with E-state index in [0.717, 1.165) is 32.3 Å². The lowest BCUT2D eigenvalue weighted by Crippen LogP contribution is -2.26. The van der Waals surface area contributed by atoms with E-state index >= 15 is 0 Å². The van der Waals surface area contributed by atoms with Crippen molar-refractivity contribution in [3.05, 3.63) is 42.0 Å². The molecule has 1 heterocycles. The van der Waals surface area contributed by atoms with Crippen LogP contribution in [0.4, 0.5) is 5.69 Å². The number of nitrogens with one attached hydrogen (secondary N) is 1. The second-order valence-corrected chi connectivity index (χ2v) is 6.31. The number of hydrogen-bond donors (Lipinski definition) is 1. The van der Waals surface area contributed by atoms with Gasteiger partial charge >= 0.3 is 0 Å². The Morgan fingerprint density at radius 3 is 2.50 bits per heavy atom. The van der Waals surface area contributed by atoms with Crippen LogP contribution >= 0.6 is 0 Å². The van der Waals surface area contributed by atoms with Gasteiger partial charge in [-0.2, -0.15) is 0 Å². The minimum atomic E-state index is -3.19. The van der Waals surface area contributed by atoms with Crippen LogP contribution in [0.15, 0.2) is 36.4 Å². The standard InChI is InChI=1S/C13H18N2O2S/c1-18(16,17)14-13-7-5-12(6-8-13)11-15-9-3-2-4-10-15/h2-3,5-8,14H,4,9-11H2,1H3. The van der Waals surface area contributed by atoms with Crippen LogP contribution in [0.3, 0.4) is 0 Å². The smallest absolute Gasteiger partial charge is 0.229 e. The van der Waals surface area contributed by atoms with Gasteiger partial charge in [-0.05, 0) is 24.1 Å². The van der Waals surface area contributed by atoms with Crippen molar-refractivity contribution >= 4 is 15.7 Å². The number of hydrogen-bond acceptors (Lipinski definition) is 3. The lowest BCUT2D eigenvalue weighted by Gasteiger charge is -2.23. The second kappa shape index (κ2) is 5.54. The summed E-state index contributed by atoms with van der Waals surface area (Å²) in [5.74, 6) is 0. The molecule has 98 valence electrons. The molecule has 0 spiro atoms. The van der Waals surface area contributed by atoms with Gasteiger partial charge < -0.3 is 0 Å². The fourth-order valence-electron chi connectivity index (χ4n) is 1.98. The Bertz CT molecular complexity index is 520. The number of benzene rings is 1. The van der Waals surface area contributed by atoms with E-state index in [1.165, 1.54) is 5.56 Å². The molecule has 0 bridgehead atoms. The number of anilines is 1. The van der Waals surface area contributed by atoms with Crippen molar-refractivity contribution in [1.82, 2.24) is 4.90 Å². The third kappa shape index (κ3) is 4.16. The normalized spacial score (nSPS) is 16.7. The van der Waals surface area contributed by atoms with Gasteiger partial charge in [-0.3, -0.25) is 9.62 Å². The highest BCUT2D eigenvalue weighted by Crippen LogP contribution is 2.13. The van der Waals surface area contributed by atoms with Crippen LogP contribution in [0.5, 0.6) is 0 Å². The fraction of sp³-hybridized carbons (Fsp3) is 0.385. The molecule has 1 aliphatic heterocycles. The van der Waals surface area contributed by atoms with E-state index in [1.807, 2.05) is 12.1 Å². The Morgan fingerprint density at radius 2 is 1.94 bits per heavy atom. The Labute approximate surface area is 108 Å². The Morgan fingerprint density at radius 1 is 1.22 bits per heavy atom. The third-order valence-electron chi connectivity index (χ3n) is 2.81. The summed E-state index contributed by atoms with van der Waals surface area (Å²) in [6.07, 6.45) is 6.65. The van der Waals surface area contributed by atoms with E-state index in [0.29, 0.717) is 5.69 Å². The third-order valence-corrected chi connectivity index (χ3v) is 3.41. The summed E-state index contributed by atoms with van der Waals surface area (Å²) >= 11 is 0. The maximum Gasteiger partial charge on any atom is 0.229 e. The maximum atomic E-state index is 11.1. The minimum absolute atomic E-state index is 0.611. The predicted molar refractivity (Wildman–Crippen MR) is 73.9 cm³/mol. The molecule has 18 heavy (non-hydrogen) atoms. The molecule has 5 heteroatoms. The molecule has 0 amide bonds. The molecule has 4 nitrogen and oxygen atoms in total. The second-order valence-electron chi connectivity index (χ2n) is 4.57. The lowest BCUT2D eigenvalue weighted by molar-refractivity contribution is 0.291. The summed E-state index contributed by atoms with van der Waals surface area (Å²) in [6, 6.07) is 7.53. The zero-order valence-corrected chi connectivity index (χ0v) is 11.3.